The summed E-state index contributed by atoms with van der Waals surface area (Å²) in [5.74, 6) is 1.10. The van der Waals surface area contributed by atoms with Crippen molar-refractivity contribution in [3.63, 3.8) is 0 Å². The lowest BCUT2D eigenvalue weighted by molar-refractivity contribution is -0.161. The minimum atomic E-state index is -4.97. The first-order chi connectivity index (χ1) is 51.7. The molecule has 0 aromatic carbocycles. The number of rotatable bonds is 85. The zero-order valence-corrected chi connectivity index (χ0v) is 72.6. The average Bonchev–Trinajstić information content (AvgIpc) is 0.901. The molecule has 0 amide bonds. The maximum Gasteiger partial charge on any atom is 0.472 e. The Bertz CT molecular complexity index is 2080. The molecule has 107 heavy (non-hydrogen) atoms. The summed E-state index contributed by atoms with van der Waals surface area (Å²) in [7, 11) is -9.93. The molecule has 0 rings (SSSR count). The van der Waals surface area contributed by atoms with Crippen LogP contribution in [-0.4, -0.2) is 96.7 Å². The summed E-state index contributed by atoms with van der Waals surface area (Å²) >= 11 is 0. The van der Waals surface area contributed by atoms with Crippen molar-refractivity contribution in [1.29, 1.82) is 0 Å². The number of aliphatic hydroxyl groups is 1. The van der Waals surface area contributed by atoms with E-state index in [1.165, 1.54) is 257 Å². The Labute approximate surface area is 658 Å². The Kier molecular flexibility index (Phi) is 75.3. The molecule has 0 saturated heterocycles. The molecule has 0 aromatic heterocycles. The van der Waals surface area contributed by atoms with Crippen molar-refractivity contribution in [3.05, 3.63) is 0 Å². The third kappa shape index (κ3) is 79.1. The molecular weight excluding hydrogens is 1390 g/mol. The van der Waals surface area contributed by atoms with Crippen LogP contribution in [0.2, 0.25) is 0 Å². The number of hydrogen-bond donors (Lipinski definition) is 3. The zero-order chi connectivity index (χ0) is 78.8. The maximum atomic E-state index is 13.2. The second-order valence-electron chi connectivity index (χ2n) is 33.1. The van der Waals surface area contributed by atoms with Crippen LogP contribution < -0.4 is 0 Å². The van der Waals surface area contributed by atoms with Gasteiger partial charge in [0.15, 0.2) is 12.2 Å². The molecule has 4 unspecified atom stereocenters. The zero-order valence-electron chi connectivity index (χ0n) is 70.8. The molecule has 0 aromatic rings. The molecule has 0 aliphatic rings. The number of ether oxygens (including phenoxy) is 4. The number of carbonyl (C=O) groups is 4. The molecular formula is C88H172O17P2. The normalized spacial score (nSPS) is 14.4. The molecule has 0 bridgehead atoms. The van der Waals surface area contributed by atoms with Gasteiger partial charge in [-0.15, -0.1) is 0 Å². The van der Waals surface area contributed by atoms with Gasteiger partial charge in [-0.1, -0.05) is 409 Å². The highest BCUT2D eigenvalue weighted by atomic mass is 31.2. The van der Waals surface area contributed by atoms with Crippen molar-refractivity contribution in [1.82, 2.24) is 0 Å². The summed E-state index contributed by atoms with van der Waals surface area (Å²) in [5, 5.41) is 10.7. The van der Waals surface area contributed by atoms with Gasteiger partial charge in [0.2, 0.25) is 0 Å². The molecule has 0 aliphatic heterocycles. The maximum absolute atomic E-state index is 13.2. The molecule has 636 valence electrons. The van der Waals surface area contributed by atoms with E-state index in [4.69, 9.17) is 37.0 Å². The lowest BCUT2D eigenvalue weighted by atomic mass is 9.99. The van der Waals surface area contributed by atoms with E-state index >= 15 is 0 Å². The third-order valence-electron chi connectivity index (χ3n) is 21.3. The fourth-order valence-corrected chi connectivity index (χ4v) is 15.2. The minimum absolute atomic E-state index is 0.107. The van der Waals surface area contributed by atoms with Crippen LogP contribution >= 0.6 is 15.6 Å². The summed E-state index contributed by atoms with van der Waals surface area (Å²) in [4.78, 5) is 73.3. The standard InChI is InChI=1S/C88H172O17P2/c1-9-80(7)66-58-50-42-36-30-24-17-13-11-12-14-18-25-31-37-43-52-60-68-85(90)98-74-83(104-87(92)70-63-55-45-39-33-27-21-20-23-29-35-41-49-57-65-79(5)6)76-102-106(94,95)100-72-82(89)73-101-107(96,97)103-77-84(75-99-86(91)69-61-53-47-46-51-59-67-81(8)10-2)105-88(93)71-62-54-44-38-32-26-19-15-16-22-28-34-40-48-56-64-78(3)4/h78-84,89H,9-77H2,1-8H3,(H,94,95)(H,96,97)/t80?,81?,82-,83-,84-/m1/s1. The smallest absolute Gasteiger partial charge is 0.462 e. The van der Waals surface area contributed by atoms with Crippen molar-refractivity contribution in [2.75, 3.05) is 39.6 Å². The van der Waals surface area contributed by atoms with Crippen LogP contribution in [0, 0.1) is 23.7 Å². The second-order valence-corrected chi connectivity index (χ2v) is 36.0. The molecule has 0 radical (unpaired) electrons. The van der Waals surface area contributed by atoms with Crippen LogP contribution in [0.4, 0.5) is 0 Å². The Morgan fingerprint density at radius 1 is 0.262 bits per heavy atom. The predicted octanol–water partition coefficient (Wildman–Crippen LogP) is 26.7. The van der Waals surface area contributed by atoms with Crippen molar-refractivity contribution >= 4 is 39.5 Å². The summed E-state index contributed by atoms with van der Waals surface area (Å²) in [6.45, 7) is 14.4. The van der Waals surface area contributed by atoms with E-state index in [-0.39, 0.29) is 25.7 Å². The average molecular weight is 1560 g/mol. The quantitative estimate of drug-likeness (QED) is 0.0222. The first kappa shape index (κ1) is 105. The largest absolute Gasteiger partial charge is 0.472 e. The monoisotopic (exact) mass is 1560 g/mol. The van der Waals surface area contributed by atoms with E-state index in [1.807, 2.05) is 0 Å². The molecule has 0 saturated carbocycles. The van der Waals surface area contributed by atoms with Gasteiger partial charge < -0.3 is 33.8 Å². The van der Waals surface area contributed by atoms with Gasteiger partial charge in [-0.25, -0.2) is 9.13 Å². The Morgan fingerprint density at radius 3 is 0.664 bits per heavy atom. The topological polar surface area (TPSA) is 237 Å². The first-order valence-corrected chi connectivity index (χ1v) is 48.3. The van der Waals surface area contributed by atoms with E-state index in [0.29, 0.717) is 25.7 Å². The highest BCUT2D eigenvalue weighted by Gasteiger charge is 2.31. The van der Waals surface area contributed by atoms with E-state index in [2.05, 4.69) is 55.4 Å². The van der Waals surface area contributed by atoms with Crippen molar-refractivity contribution in [3.8, 4) is 0 Å². The van der Waals surface area contributed by atoms with Gasteiger partial charge >= 0.3 is 39.5 Å². The summed E-state index contributed by atoms with van der Waals surface area (Å²) < 4.78 is 68.9. The SMILES string of the molecule is CCC(C)CCCCCCCCCCCCCCCCCCCCC(=O)OC[C@H](COP(=O)(O)OC[C@@H](O)COP(=O)(O)OC[C@@H](COC(=O)CCCCCCCCC(C)CC)OC(=O)CCCCCCCCCCCCCCCCCC(C)C)OC(=O)CCCCCCCCCCCCCCCCC(C)C. The number of phosphoric ester groups is 2. The summed E-state index contributed by atoms with van der Waals surface area (Å²) in [5.41, 5.74) is 0. The van der Waals surface area contributed by atoms with E-state index in [1.54, 1.807) is 0 Å². The Hall–Kier alpha value is -1.94. The summed E-state index contributed by atoms with van der Waals surface area (Å²) in [6.07, 6.45) is 66.7. The van der Waals surface area contributed by atoms with Crippen LogP contribution in [0.15, 0.2) is 0 Å². The number of esters is 4. The highest BCUT2D eigenvalue weighted by Crippen LogP contribution is 2.45. The highest BCUT2D eigenvalue weighted by molar-refractivity contribution is 7.47. The molecule has 0 heterocycles. The molecule has 0 aliphatic carbocycles. The van der Waals surface area contributed by atoms with E-state index < -0.39 is 97.5 Å². The van der Waals surface area contributed by atoms with Gasteiger partial charge in [-0.3, -0.25) is 37.3 Å². The van der Waals surface area contributed by atoms with Gasteiger partial charge in [-0.2, -0.15) is 0 Å². The fraction of sp³-hybridized carbons (Fsp3) is 0.955. The Balaban J connectivity index is 5.22. The number of hydrogen-bond acceptors (Lipinski definition) is 15. The first-order valence-electron chi connectivity index (χ1n) is 45.3. The predicted molar refractivity (Wildman–Crippen MR) is 441 cm³/mol. The summed E-state index contributed by atoms with van der Waals surface area (Å²) in [6, 6.07) is 0. The molecule has 0 fully saturated rings. The fourth-order valence-electron chi connectivity index (χ4n) is 13.6. The minimum Gasteiger partial charge on any atom is -0.462 e. The van der Waals surface area contributed by atoms with Gasteiger partial charge in [-0.05, 0) is 49.4 Å². The van der Waals surface area contributed by atoms with Gasteiger partial charge in [0.05, 0.1) is 26.4 Å². The van der Waals surface area contributed by atoms with Crippen molar-refractivity contribution < 1.29 is 80.2 Å². The lowest BCUT2D eigenvalue weighted by Crippen LogP contribution is -2.30. The van der Waals surface area contributed by atoms with E-state index in [9.17, 15) is 43.2 Å². The number of carbonyl (C=O) groups excluding carboxylic acids is 4. The van der Waals surface area contributed by atoms with Crippen LogP contribution in [0.3, 0.4) is 0 Å². The molecule has 0 spiro atoms. The molecule has 19 heteroatoms. The molecule has 7 atom stereocenters. The number of unbranched alkanes of at least 4 members (excludes halogenated alkanes) is 49. The van der Waals surface area contributed by atoms with Crippen molar-refractivity contribution in [2.24, 2.45) is 23.7 Å². The number of aliphatic hydroxyl groups excluding tert-OH is 1. The van der Waals surface area contributed by atoms with Crippen LogP contribution in [-0.2, 0) is 65.4 Å². The van der Waals surface area contributed by atoms with E-state index in [0.717, 1.165) is 120 Å². The van der Waals surface area contributed by atoms with Crippen LogP contribution in [0.25, 0.3) is 0 Å². The molecule has 17 nitrogen and oxygen atoms in total. The van der Waals surface area contributed by atoms with Gasteiger partial charge in [0, 0.05) is 25.7 Å². The van der Waals surface area contributed by atoms with Gasteiger partial charge in [0.1, 0.15) is 19.3 Å². The number of phosphoric acid groups is 2. The second kappa shape index (κ2) is 76.7. The van der Waals surface area contributed by atoms with Gasteiger partial charge in [0.25, 0.3) is 0 Å². The lowest BCUT2D eigenvalue weighted by Gasteiger charge is -2.21. The van der Waals surface area contributed by atoms with Crippen molar-refractivity contribution in [2.45, 2.75) is 478 Å². The van der Waals surface area contributed by atoms with Crippen LogP contribution in [0.5, 0.6) is 0 Å². The van der Waals surface area contributed by atoms with Crippen LogP contribution in [0.1, 0.15) is 460 Å². The Morgan fingerprint density at radius 2 is 0.449 bits per heavy atom. The third-order valence-corrected chi connectivity index (χ3v) is 23.2. The molecule has 3 N–H and O–H groups in total.